The van der Waals surface area contributed by atoms with Gasteiger partial charge in [0.05, 0.1) is 0 Å². The second kappa shape index (κ2) is 8.62. The van der Waals surface area contributed by atoms with Gasteiger partial charge in [0.1, 0.15) is 6.54 Å². The Kier molecular flexibility index (Phi) is 6.00. The van der Waals surface area contributed by atoms with Gasteiger partial charge in [-0.3, -0.25) is 4.40 Å². The summed E-state index contributed by atoms with van der Waals surface area (Å²) < 4.78 is 1.96. The van der Waals surface area contributed by atoms with Crippen LogP contribution in [-0.4, -0.2) is 33.6 Å². The zero-order chi connectivity index (χ0) is 17.5. The van der Waals surface area contributed by atoms with Gasteiger partial charge < -0.3 is 10.6 Å². The first kappa shape index (κ1) is 17.4. The van der Waals surface area contributed by atoms with Crippen molar-refractivity contribution in [3.63, 3.8) is 0 Å². The van der Waals surface area contributed by atoms with E-state index in [1.54, 1.807) is 0 Å². The molecule has 7 heteroatoms. The third kappa shape index (κ3) is 4.79. The summed E-state index contributed by atoms with van der Waals surface area (Å²) in [5.74, 6) is 2.18. The Morgan fingerprint density at radius 1 is 1.24 bits per heavy atom. The molecule has 0 bridgehead atoms. The summed E-state index contributed by atoms with van der Waals surface area (Å²) in [7, 11) is 0. The highest BCUT2D eigenvalue weighted by Crippen LogP contribution is 2.13. The van der Waals surface area contributed by atoms with E-state index in [2.05, 4.69) is 57.2 Å². The number of rotatable bonds is 7. The number of hydrogen-bond donors (Lipinski definition) is 2. The molecule has 0 aliphatic heterocycles. The molecule has 6 nitrogen and oxygen atoms in total. The predicted molar refractivity (Wildman–Crippen MR) is 103 cm³/mol. The topological polar surface area (TPSA) is 66.6 Å². The van der Waals surface area contributed by atoms with Crippen LogP contribution in [-0.2, 0) is 13.0 Å². The van der Waals surface area contributed by atoms with Crippen LogP contribution in [0.2, 0.25) is 0 Å². The molecular weight excluding hydrogens is 332 g/mol. The van der Waals surface area contributed by atoms with Crippen LogP contribution in [0.15, 0.2) is 46.9 Å². The molecule has 3 rings (SSSR count). The van der Waals surface area contributed by atoms with E-state index >= 15 is 0 Å². The molecule has 0 aromatic carbocycles. The van der Waals surface area contributed by atoms with Gasteiger partial charge in [0.15, 0.2) is 17.4 Å². The lowest BCUT2D eigenvalue weighted by atomic mass is 10.1. The second-order valence-corrected chi connectivity index (χ2v) is 7.04. The van der Waals surface area contributed by atoms with Crippen LogP contribution >= 0.6 is 11.3 Å². The third-order valence-corrected chi connectivity index (χ3v) is 4.75. The number of guanidine groups is 1. The maximum absolute atomic E-state index is 4.65. The van der Waals surface area contributed by atoms with E-state index in [0.717, 1.165) is 36.9 Å². The van der Waals surface area contributed by atoms with Crippen LogP contribution in [0.3, 0.4) is 0 Å². The quantitative estimate of drug-likeness (QED) is 0.505. The fourth-order valence-corrected chi connectivity index (χ4v) is 3.48. The van der Waals surface area contributed by atoms with Crippen molar-refractivity contribution in [2.45, 2.75) is 26.8 Å². The van der Waals surface area contributed by atoms with Crippen molar-refractivity contribution in [3.05, 3.63) is 52.6 Å². The first-order valence-corrected chi connectivity index (χ1v) is 9.47. The Morgan fingerprint density at radius 2 is 2.16 bits per heavy atom. The first-order valence-electron chi connectivity index (χ1n) is 8.59. The number of nitrogens with one attached hydrogen (secondary N) is 2. The number of hydrogen-bond acceptors (Lipinski definition) is 4. The van der Waals surface area contributed by atoms with Crippen LogP contribution < -0.4 is 10.6 Å². The molecule has 0 fully saturated rings. The number of aromatic nitrogens is 3. The largest absolute Gasteiger partial charge is 0.357 e. The van der Waals surface area contributed by atoms with Crippen LogP contribution in [0.5, 0.6) is 0 Å². The van der Waals surface area contributed by atoms with Crippen molar-refractivity contribution in [1.29, 1.82) is 0 Å². The molecule has 2 N–H and O–H groups in total. The maximum atomic E-state index is 4.65. The van der Waals surface area contributed by atoms with Crippen LogP contribution in [0.25, 0.3) is 5.65 Å². The lowest BCUT2D eigenvalue weighted by Crippen LogP contribution is -2.39. The van der Waals surface area contributed by atoms with Gasteiger partial charge in [0.25, 0.3) is 0 Å². The lowest BCUT2D eigenvalue weighted by Gasteiger charge is -2.15. The molecule has 0 amide bonds. The Morgan fingerprint density at radius 3 is 2.96 bits per heavy atom. The van der Waals surface area contributed by atoms with E-state index < -0.39 is 0 Å². The van der Waals surface area contributed by atoms with Crippen LogP contribution in [0, 0.1) is 5.92 Å². The first-order chi connectivity index (χ1) is 12.3. The summed E-state index contributed by atoms with van der Waals surface area (Å²) in [4.78, 5) is 6.07. The molecule has 0 spiro atoms. The van der Waals surface area contributed by atoms with Crippen molar-refractivity contribution in [2.24, 2.45) is 10.9 Å². The van der Waals surface area contributed by atoms with E-state index in [1.807, 2.05) is 40.1 Å². The minimum absolute atomic E-state index is 0.486. The monoisotopic (exact) mass is 356 g/mol. The molecule has 0 aliphatic rings. The molecule has 0 aliphatic carbocycles. The van der Waals surface area contributed by atoms with E-state index in [0.29, 0.717) is 12.5 Å². The highest BCUT2D eigenvalue weighted by atomic mass is 32.1. The summed E-state index contributed by atoms with van der Waals surface area (Å²) >= 11 is 1.81. The summed E-state index contributed by atoms with van der Waals surface area (Å²) in [6.45, 7) is 6.51. The molecule has 3 aromatic heterocycles. The minimum Gasteiger partial charge on any atom is -0.357 e. The van der Waals surface area contributed by atoms with Gasteiger partial charge in [-0.2, -0.15) is 0 Å². The molecule has 0 saturated carbocycles. The average molecular weight is 356 g/mol. The molecular formula is C18H24N6S. The third-order valence-electron chi connectivity index (χ3n) is 3.85. The van der Waals surface area contributed by atoms with E-state index in [1.165, 1.54) is 4.88 Å². The average Bonchev–Trinajstić information content (AvgIpc) is 3.27. The van der Waals surface area contributed by atoms with Gasteiger partial charge in [0.2, 0.25) is 0 Å². The maximum Gasteiger partial charge on any atom is 0.191 e. The van der Waals surface area contributed by atoms with Crippen LogP contribution in [0.4, 0.5) is 0 Å². The van der Waals surface area contributed by atoms with Gasteiger partial charge >= 0.3 is 0 Å². The number of nitrogens with zero attached hydrogens (tertiary/aromatic N) is 4. The van der Waals surface area contributed by atoms with E-state index in [4.69, 9.17) is 0 Å². The molecule has 132 valence electrons. The van der Waals surface area contributed by atoms with Gasteiger partial charge in [-0.25, -0.2) is 4.99 Å². The van der Waals surface area contributed by atoms with Crippen molar-refractivity contribution in [2.75, 3.05) is 13.1 Å². The number of aliphatic imine (C=N–C) groups is 1. The summed E-state index contributed by atoms with van der Waals surface area (Å²) in [5.41, 5.74) is 0.843. The normalized spacial score (nSPS) is 13.1. The molecule has 0 saturated heterocycles. The van der Waals surface area contributed by atoms with Crippen molar-refractivity contribution in [1.82, 2.24) is 25.2 Å². The van der Waals surface area contributed by atoms with Gasteiger partial charge in [-0.1, -0.05) is 19.1 Å². The van der Waals surface area contributed by atoms with Crippen molar-refractivity contribution in [3.8, 4) is 0 Å². The standard InChI is InChI=1S/C18H24N6S/c1-3-19-18(20-12-14(2)11-15-7-6-10-25-15)21-13-17-23-22-16-8-4-5-9-24(16)17/h4-10,14H,3,11-13H2,1-2H3,(H2,19,20,21). The smallest absolute Gasteiger partial charge is 0.191 e. The summed E-state index contributed by atoms with van der Waals surface area (Å²) in [6.07, 6.45) is 3.04. The van der Waals surface area contributed by atoms with Gasteiger partial charge in [-0.05, 0) is 42.8 Å². The lowest BCUT2D eigenvalue weighted by molar-refractivity contribution is 0.562. The summed E-state index contributed by atoms with van der Waals surface area (Å²) in [6, 6.07) is 10.2. The molecule has 3 aromatic rings. The van der Waals surface area contributed by atoms with E-state index in [9.17, 15) is 0 Å². The molecule has 1 unspecified atom stereocenters. The second-order valence-electron chi connectivity index (χ2n) is 6.01. The fraction of sp³-hybridized carbons (Fsp3) is 0.389. The van der Waals surface area contributed by atoms with E-state index in [-0.39, 0.29) is 0 Å². The van der Waals surface area contributed by atoms with Crippen molar-refractivity contribution >= 4 is 22.9 Å². The zero-order valence-electron chi connectivity index (χ0n) is 14.6. The fourth-order valence-electron chi connectivity index (χ4n) is 2.61. The molecule has 3 heterocycles. The predicted octanol–water partition coefficient (Wildman–Crippen LogP) is 2.72. The minimum atomic E-state index is 0.486. The Bertz CT molecular complexity index is 808. The SMILES string of the molecule is CCNC(=NCc1nnc2ccccn12)NCC(C)Cc1cccs1. The summed E-state index contributed by atoms with van der Waals surface area (Å²) in [5, 5.41) is 17.2. The molecule has 25 heavy (non-hydrogen) atoms. The zero-order valence-corrected chi connectivity index (χ0v) is 15.5. The van der Waals surface area contributed by atoms with Gasteiger partial charge in [-0.15, -0.1) is 21.5 Å². The highest BCUT2D eigenvalue weighted by molar-refractivity contribution is 7.09. The molecule has 1 atom stereocenters. The Balaban J connectivity index is 1.59. The number of thiophene rings is 1. The Hall–Kier alpha value is -2.41. The highest BCUT2D eigenvalue weighted by Gasteiger charge is 2.07. The van der Waals surface area contributed by atoms with Crippen LogP contribution in [0.1, 0.15) is 24.5 Å². The number of fused-ring (bicyclic) bond motifs is 1. The van der Waals surface area contributed by atoms with Gasteiger partial charge in [0, 0.05) is 24.2 Å². The Labute approximate surface area is 152 Å². The molecule has 0 radical (unpaired) electrons. The van der Waals surface area contributed by atoms with Crippen molar-refractivity contribution < 1.29 is 0 Å². The number of pyridine rings is 1.